The first-order valence-corrected chi connectivity index (χ1v) is 10.7. The summed E-state index contributed by atoms with van der Waals surface area (Å²) in [4.78, 5) is 4.94. The first-order chi connectivity index (χ1) is 13.3. The number of para-hydroxylation sites is 1. The highest BCUT2D eigenvalue weighted by Gasteiger charge is 2.20. The van der Waals surface area contributed by atoms with Crippen LogP contribution in [0.1, 0.15) is 19.4 Å². The van der Waals surface area contributed by atoms with Crippen molar-refractivity contribution < 1.29 is 8.42 Å². The molecule has 4 aromatic rings. The first-order valence-electron chi connectivity index (χ1n) is 9.19. The molecular formula is C21H22N4O2S. The quantitative estimate of drug-likeness (QED) is 0.546. The Kier molecular flexibility index (Phi) is 4.55. The largest absolute Gasteiger partial charge is 0.263 e. The molecular weight excluding hydrogens is 372 g/mol. The van der Waals surface area contributed by atoms with Gasteiger partial charge in [0.1, 0.15) is 0 Å². The topological polar surface area (TPSA) is 76.9 Å². The number of fused-ring (bicyclic) bond motifs is 2. The van der Waals surface area contributed by atoms with E-state index in [2.05, 4.69) is 23.7 Å². The second-order valence-corrected chi connectivity index (χ2v) is 9.08. The van der Waals surface area contributed by atoms with Crippen LogP contribution in [0.4, 0.5) is 5.82 Å². The Labute approximate surface area is 164 Å². The summed E-state index contributed by atoms with van der Waals surface area (Å²) >= 11 is 0. The van der Waals surface area contributed by atoms with Gasteiger partial charge in [-0.15, -0.1) is 0 Å². The molecule has 2 heterocycles. The Balaban J connectivity index is 1.85. The fourth-order valence-corrected chi connectivity index (χ4v) is 4.17. The molecule has 2 aromatic carbocycles. The second kappa shape index (κ2) is 6.91. The van der Waals surface area contributed by atoms with Gasteiger partial charge in [0.2, 0.25) is 0 Å². The van der Waals surface area contributed by atoms with Gasteiger partial charge >= 0.3 is 0 Å². The van der Waals surface area contributed by atoms with E-state index >= 15 is 0 Å². The van der Waals surface area contributed by atoms with E-state index in [9.17, 15) is 8.42 Å². The van der Waals surface area contributed by atoms with E-state index in [0.717, 1.165) is 16.5 Å². The summed E-state index contributed by atoms with van der Waals surface area (Å²) in [5.74, 6) is 0.646. The summed E-state index contributed by atoms with van der Waals surface area (Å²) in [6, 6.07) is 16.5. The van der Waals surface area contributed by atoms with Crippen molar-refractivity contribution in [3.63, 3.8) is 0 Å². The number of rotatable bonds is 5. The molecule has 1 N–H and O–H groups in total. The van der Waals surface area contributed by atoms with Crippen LogP contribution < -0.4 is 4.72 Å². The van der Waals surface area contributed by atoms with E-state index in [1.54, 1.807) is 28.9 Å². The van der Waals surface area contributed by atoms with Crippen LogP contribution in [-0.2, 0) is 16.6 Å². The SMILES string of the molecule is Cc1ccc(S(=O)(=O)Nc2nn(CC(C)C)c3nc4ccccc4cc23)cc1. The molecule has 0 bridgehead atoms. The number of aromatic nitrogens is 3. The molecule has 7 heteroatoms. The summed E-state index contributed by atoms with van der Waals surface area (Å²) in [5, 5.41) is 6.17. The molecule has 2 aromatic heterocycles. The average molecular weight is 395 g/mol. The van der Waals surface area contributed by atoms with Crippen LogP contribution in [0.25, 0.3) is 21.9 Å². The van der Waals surface area contributed by atoms with Crippen LogP contribution in [0.15, 0.2) is 59.5 Å². The number of anilines is 1. The zero-order valence-corrected chi connectivity index (χ0v) is 16.9. The van der Waals surface area contributed by atoms with Gasteiger partial charge in [-0.3, -0.25) is 4.72 Å². The van der Waals surface area contributed by atoms with Crippen LogP contribution in [0.3, 0.4) is 0 Å². The van der Waals surface area contributed by atoms with E-state index in [1.807, 2.05) is 37.3 Å². The van der Waals surface area contributed by atoms with Crippen LogP contribution in [0.2, 0.25) is 0 Å². The van der Waals surface area contributed by atoms with Crippen molar-refractivity contribution in [3.05, 3.63) is 60.2 Å². The lowest BCUT2D eigenvalue weighted by Gasteiger charge is -2.06. The van der Waals surface area contributed by atoms with Gasteiger partial charge in [0.15, 0.2) is 11.5 Å². The van der Waals surface area contributed by atoms with Gasteiger partial charge in [0, 0.05) is 11.9 Å². The summed E-state index contributed by atoms with van der Waals surface area (Å²) in [5.41, 5.74) is 2.53. The van der Waals surface area contributed by atoms with Crippen molar-refractivity contribution in [2.45, 2.75) is 32.2 Å². The minimum absolute atomic E-state index is 0.207. The third-order valence-corrected chi connectivity index (χ3v) is 5.88. The van der Waals surface area contributed by atoms with Crippen molar-refractivity contribution in [1.29, 1.82) is 0 Å². The highest BCUT2D eigenvalue weighted by molar-refractivity contribution is 7.92. The van der Waals surface area contributed by atoms with E-state index in [0.29, 0.717) is 29.3 Å². The predicted octanol–water partition coefficient (Wildman–Crippen LogP) is 4.35. The minimum Gasteiger partial charge on any atom is -0.261 e. The zero-order valence-electron chi connectivity index (χ0n) is 16.0. The van der Waals surface area contributed by atoms with E-state index in [4.69, 9.17) is 4.98 Å². The van der Waals surface area contributed by atoms with Gasteiger partial charge < -0.3 is 0 Å². The summed E-state index contributed by atoms with van der Waals surface area (Å²) in [6.07, 6.45) is 0. The lowest BCUT2D eigenvalue weighted by molar-refractivity contribution is 0.494. The van der Waals surface area contributed by atoms with Crippen LogP contribution in [0, 0.1) is 12.8 Å². The predicted molar refractivity (Wildman–Crippen MR) is 112 cm³/mol. The molecule has 0 saturated carbocycles. The Morgan fingerprint density at radius 1 is 1.07 bits per heavy atom. The van der Waals surface area contributed by atoms with E-state index in [1.165, 1.54) is 0 Å². The third kappa shape index (κ3) is 3.45. The first kappa shape index (κ1) is 18.4. The smallest absolute Gasteiger partial charge is 0.261 e. The average Bonchev–Trinajstić information content (AvgIpc) is 2.95. The van der Waals surface area contributed by atoms with Crippen LogP contribution in [-0.4, -0.2) is 23.2 Å². The molecule has 0 unspecified atom stereocenters. The van der Waals surface area contributed by atoms with Gasteiger partial charge in [0.05, 0.1) is 15.8 Å². The molecule has 28 heavy (non-hydrogen) atoms. The van der Waals surface area contributed by atoms with Gasteiger partial charge in [-0.2, -0.15) is 5.10 Å². The Morgan fingerprint density at radius 3 is 2.50 bits per heavy atom. The Bertz CT molecular complexity index is 1260. The number of nitrogens with one attached hydrogen (secondary N) is 1. The number of aryl methyl sites for hydroxylation is 1. The summed E-state index contributed by atoms with van der Waals surface area (Å²) < 4.78 is 30.2. The number of sulfonamides is 1. The third-order valence-electron chi connectivity index (χ3n) is 4.52. The van der Waals surface area contributed by atoms with Crippen molar-refractivity contribution in [2.24, 2.45) is 5.92 Å². The lowest BCUT2D eigenvalue weighted by atomic mass is 10.2. The van der Waals surface area contributed by atoms with E-state index in [-0.39, 0.29) is 4.90 Å². The standard InChI is InChI=1S/C21H22N4O2S/c1-14(2)13-25-21-18(12-16-6-4-5-7-19(16)22-21)20(23-25)24-28(26,27)17-10-8-15(3)9-11-17/h4-12,14H,13H2,1-3H3,(H,23,24). The number of hydrogen-bond acceptors (Lipinski definition) is 4. The van der Waals surface area contributed by atoms with Crippen molar-refractivity contribution in [2.75, 3.05) is 4.72 Å². The molecule has 144 valence electrons. The van der Waals surface area contributed by atoms with Crippen molar-refractivity contribution in [3.8, 4) is 0 Å². The molecule has 0 atom stereocenters. The number of nitrogens with zero attached hydrogens (tertiary/aromatic N) is 3. The molecule has 6 nitrogen and oxygen atoms in total. The van der Waals surface area contributed by atoms with Gasteiger partial charge in [-0.25, -0.2) is 18.1 Å². The second-order valence-electron chi connectivity index (χ2n) is 7.40. The monoisotopic (exact) mass is 394 g/mol. The fourth-order valence-electron chi connectivity index (χ4n) is 3.15. The summed E-state index contributed by atoms with van der Waals surface area (Å²) in [7, 11) is -3.74. The van der Waals surface area contributed by atoms with E-state index < -0.39 is 10.0 Å². The molecule has 4 rings (SSSR count). The minimum atomic E-state index is -3.74. The summed E-state index contributed by atoms with van der Waals surface area (Å²) in [6.45, 7) is 6.74. The molecule has 0 fully saturated rings. The number of benzene rings is 2. The molecule has 0 spiro atoms. The molecule has 0 aliphatic rings. The van der Waals surface area contributed by atoms with Crippen LogP contribution in [0.5, 0.6) is 0 Å². The van der Waals surface area contributed by atoms with Crippen LogP contribution >= 0.6 is 0 Å². The molecule has 0 amide bonds. The maximum absolute atomic E-state index is 12.9. The maximum Gasteiger partial charge on any atom is 0.263 e. The fraction of sp³-hybridized carbons (Fsp3) is 0.238. The highest BCUT2D eigenvalue weighted by atomic mass is 32.2. The van der Waals surface area contributed by atoms with Gasteiger partial charge in [-0.05, 0) is 37.1 Å². The normalized spacial score (nSPS) is 12.1. The Hall–Kier alpha value is -2.93. The molecule has 0 aliphatic carbocycles. The number of hydrogen-bond donors (Lipinski definition) is 1. The molecule has 0 aliphatic heterocycles. The maximum atomic E-state index is 12.9. The van der Waals surface area contributed by atoms with Crippen molar-refractivity contribution in [1.82, 2.24) is 14.8 Å². The molecule has 0 saturated heterocycles. The lowest BCUT2D eigenvalue weighted by Crippen LogP contribution is -2.14. The molecule has 0 radical (unpaired) electrons. The number of pyridine rings is 1. The zero-order chi connectivity index (χ0) is 19.9. The van der Waals surface area contributed by atoms with Crippen molar-refractivity contribution >= 4 is 37.8 Å². The van der Waals surface area contributed by atoms with Gasteiger partial charge in [-0.1, -0.05) is 49.7 Å². The Morgan fingerprint density at radius 2 is 1.79 bits per heavy atom. The highest BCUT2D eigenvalue weighted by Crippen LogP contribution is 2.28. The van der Waals surface area contributed by atoms with Gasteiger partial charge in [0.25, 0.3) is 10.0 Å².